The van der Waals surface area contributed by atoms with Crippen LogP contribution in [-0.4, -0.2) is 30.0 Å². The molecule has 0 atom stereocenters. The SMILES string of the molecule is O=C(O)c1cccc(F)c1C(=O)Nc1ccc(S(=O)(=O)c2ccc(NSO)cc2)cc1. The Morgan fingerprint density at radius 1 is 0.871 bits per heavy atom. The molecule has 0 aromatic heterocycles. The minimum absolute atomic E-state index is 0.0234. The Balaban J connectivity index is 1.82. The van der Waals surface area contributed by atoms with E-state index in [9.17, 15) is 22.4 Å². The molecular formula is C20H15FN2O6S2. The summed E-state index contributed by atoms with van der Waals surface area (Å²) >= 11 is 0.382. The van der Waals surface area contributed by atoms with E-state index < -0.39 is 38.7 Å². The van der Waals surface area contributed by atoms with Crippen LogP contribution in [0, 0.1) is 5.82 Å². The standard InChI is InChI=1S/C20H15FN2O6S2/c21-17-3-1-2-16(20(25)26)18(17)19(24)22-12-4-8-14(9-5-12)31(28,29)15-10-6-13(7-11-15)23-30-27/h1-11,23,27H,(H,22,24)(H,25,26). The average molecular weight is 462 g/mol. The van der Waals surface area contributed by atoms with Crippen molar-refractivity contribution in [1.82, 2.24) is 0 Å². The lowest BCUT2D eigenvalue weighted by molar-refractivity contribution is 0.0691. The highest BCUT2D eigenvalue weighted by Crippen LogP contribution is 2.25. The number of carboxylic acid groups (broad SMARTS) is 1. The van der Waals surface area contributed by atoms with Gasteiger partial charge in [-0.1, -0.05) is 6.07 Å². The molecule has 3 aromatic rings. The topological polar surface area (TPSA) is 133 Å². The zero-order chi connectivity index (χ0) is 22.6. The van der Waals surface area contributed by atoms with Gasteiger partial charge in [0.05, 0.1) is 20.9 Å². The molecule has 1 amide bonds. The Hall–Kier alpha value is -3.41. The van der Waals surface area contributed by atoms with Crippen LogP contribution >= 0.6 is 12.2 Å². The first kappa shape index (κ1) is 22.3. The molecule has 8 nitrogen and oxygen atoms in total. The van der Waals surface area contributed by atoms with Crippen molar-refractivity contribution in [3.63, 3.8) is 0 Å². The first-order valence-electron chi connectivity index (χ1n) is 8.59. The lowest BCUT2D eigenvalue weighted by Gasteiger charge is -2.10. The van der Waals surface area contributed by atoms with E-state index in [-0.39, 0.29) is 15.5 Å². The van der Waals surface area contributed by atoms with Crippen molar-refractivity contribution in [2.75, 3.05) is 10.0 Å². The molecule has 160 valence electrons. The number of amides is 1. The Morgan fingerprint density at radius 3 is 1.94 bits per heavy atom. The molecule has 0 aliphatic carbocycles. The summed E-state index contributed by atoms with van der Waals surface area (Å²) in [5.41, 5.74) is -0.447. The van der Waals surface area contributed by atoms with E-state index in [0.29, 0.717) is 17.9 Å². The van der Waals surface area contributed by atoms with Gasteiger partial charge in [0.15, 0.2) is 0 Å². The van der Waals surface area contributed by atoms with Gasteiger partial charge in [-0.2, -0.15) is 0 Å². The molecule has 0 fully saturated rings. The summed E-state index contributed by atoms with van der Waals surface area (Å²) in [5.74, 6) is -3.42. The Morgan fingerprint density at radius 2 is 1.42 bits per heavy atom. The van der Waals surface area contributed by atoms with Gasteiger partial charge in [-0.05, 0) is 60.7 Å². The van der Waals surface area contributed by atoms with E-state index in [1.54, 1.807) is 0 Å². The lowest BCUT2D eigenvalue weighted by atomic mass is 10.1. The van der Waals surface area contributed by atoms with Gasteiger partial charge in [0.1, 0.15) is 18.0 Å². The van der Waals surface area contributed by atoms with E-state index in [4.69, 9.17) is 9.66 Å². The normalized spacial score (nSPS) is 11.0. The number of carbonyl (C=O) groups excluding carboxylic acids is 1. The van der Waals surface area contributed by atoms with Gasteiger partial charge >= 0.3 is 5.97 Å². The maximum Gasteiger partial charge on any atom is 0.336 e. The lowest BCUT2D eigenvalue weighted by Crippen LogP contribution is -2.18. The second-order valence-corrected chi connectivity index (χ2v) is 8.50. The molecule has 11 heteroatoms. The maximum absolute atomic E-state index is 14.0. The largest absolute Gasteiger partial charge is 0.478 e. The van der Waals surface area contributed by atoms with Crippen LogP contribution in [0.3, 0.4) is 0 Å². The molecular weight excluding hydrogens is 447 g/mol. The van der Waals surface area contributed by atoms with Crippen molar-refractivity contribution in [3.05, 3.63) is 83.7 Å². The van der Waals surface area contributed by atoms with Gasteiger partial charge in [-0.25, -0.2) is 17.6 Å². The van der Waals surface area contributed by atoms with E-state index in [1.807, 2.05) is 0 Å². The van der Waals surface area contributed by atoms with Crippen LogP contribution in [0.4, 0.5) is 15.8 Å². The molecule has 0 spiro atoms. The fourth-order valence-corrected chi connectivity index (χ4v) is 4.24. The highest BCUT2D eigenvalue weighted by Gasteiger charge is 2.22. The smallest absolute Gasteiger partial charge is 0.336 e. The highest BCUT2D eigenvalue weighted by atomic mass is 32.2. The number of hydrogen-bond acceptors (Lipinski definition) is 7. The monoisotopic (exact) mass is 462 g/mol. The predicted molar refractivity (Wildman–Crippen MR) is 113 cm³/mol. The predicted octanol–water partition coefficient (Wildman–Crippen LogP) is 4.14. The Kier molecular flexibility index (Phi) is 6.59. The molecule has 4 N–H and O–H groups in total. The second-order valence-electron chi connectivity index (χ2n) is 6.17. The molecule has 0 aliphatic rings. The van der Waals surface area contributed by atoms with Crippen LogP contribution in [0.15, 0.2) is 76.5 Å². The fourth-order valence-electron chi connectivity index (χ4n) is 2.74. The first-order valence-corrected chi connectivity index (χ1v) is 10.8. The number of carboxylic acids is 1. The van der Waals surface area contributed by atoms with Crippen LogP contribution in [0.25, 0.3) is 0 Å². The highest BCUT2D eigenvalue weighted by molar-refractivity contribution is 7.95. The zero-order valence-electron chi connectivity index (χ0n) is 15.6. The number of hydrogen-bond donors (Lipinski definition) is 4. The van der Waals surface area contributed by atoms with E-state index in [2.05, 4.69) is 10.0 Å². The van der Waals surface area contributed by atoms with Gasteiger partial charge in [-0.15, -0.1) is 0 Å². The number of benzene rings is 3. The van der Waals surface area contributed by atoms with E-state index in [1.165, 1.54) is 54.6 Å². The molecule has 3 aromatic carbocycles. The maximum atomic E-state index is 14.0. The third-order valence-electron chi connectivity index (χ3n) is 4.22. The summed E-state index contributed by atoms with van der Waals surface area (Å²) in [4.78, 5) is 23.6. The van der Waals surface area contributed by atoms with Crippen molar-refractivity contribution in [2.24, 2.45) is 0 Å². The number of carbonyl (C=O) groups is 2. The number of rotatable bonds is 7. The van der Waals surface area contributed by atoms with Crippen LogP contribution in [0.1, 0.15) is 20.7 Å². The minimum atomic E-state index is -3.84. The van der Waals surface area contributed by atoms with Gasteiger partial charge in [0.25, 0.3) is 5.91 Å². The van der Waals surface area contributed by atoms with Crippen molar-refractivity contribution in [1.29, 1.82) is 0 Å². The molecule has 31 heavy (non-hydrogen) atoms. The molecule has 0 unspecified atom stereocenters. The number of aromatic carboxylic acids is 1. The number of halogens is 1. The molecule has 0 radical (unpaired) electrons. The van der Waals surface area contributed by atoms with Crippen molar-refractivity contribution < 1.29 is 32.1 Å². The van der Waals surface area contributed by atoms with Gasteiger partial charge < -0.3 is 19.7 Å². The van der Waals surface area contributed by atoms with Crippen molar-refractivity contribution in [2.45, 2.75) is 9.79 Å². The van der Waals surface area contributed by atoms with E-state index in [0.717, 1.165) is 12.1 Å². The summed E-state index contributed by atoms with van der Waals surface area (Å²) in [5, 5.41) is 11.5. The zero-order valence-corrected chi connectivity index (χ0v) is 17.2. The van der Waals surface area contributed by atoms with Crippen LogP contribution in [-0.2, 0) is 9.84 Å². The van der Waals surface area contributed by atoms with E-state index >= 15 is 0 Å². The third-order valence-corrected chi connectivity index (χ3v) is 6.33. The summed E-state index contributed by atoms with van der Waals surface area (Å²) in [6.07, 6.45) is 0. The minimum Gasteiger partial charge on any atom is -0.478 e. The number of nitrogens with one attached hydrogen (secondary N) is 2. The Bertz CT molecular complexity index is 1230. The summed E-state index contributed by atoms with van der Waals surface area (Å²) in [6, 6.07) is 14.1. The summed E-state index contributed by atoms with van der Waals surface area (Å²) in [7, 11) is -3.84. The quantitative estimate of drug-likeness (QED) is 0.304. The average Bonchev–Trinajstić information content (AvgIpc) is 2.74. The van der Waals surface area contributed by atoms with Crippen molar-refractivity contribution in [3.8, 4) is 0 Å². The van der Waals surface area contributed by atoms with Crippen LogP contribution < -0.4 is 10.0 Å². The second kappa shape index (κ2) is 9.16. The molecule has 3 rings (SSSR count). The van der Waals surface area contributed by atoms with Gasteiger partial charge in [0, 0.05) is 11.4 Å². The van der Waals surface area contributed by atoms with Crippen LogP contribution in [0.2, 0.25) is 0 Å². The van der Waals surface area contributed by atoms with Crippen LogP contribution in [0.5, 0.6) is 0 Å². The molecule has 0 heterocycles. The third kappa shape index (κ3) is 4.85. The first-order chi connectivity index (χ1) is 14.7. The Labute approximate surface area is 181 Å². The molecule has 0 saturated carbocycles. The molecule has 0 saturated heterocycles. The number of anilines is 2. The molecule has 0 bridgehead atoms. The van der Waals surface area contributed by atoms with Crippen molar-refractivity contribution >= 4 is 45.3 Å². The summed E-state index contributed by atoms with van der Waals surface area (Å²) < 4.78 is 50.8. The van der Waals surface area contributed by atoms with Gasteiger partial charge in [0.2, 0.25) is 9.84 Å². The van der Waals surface area contributed by atoms with Gasteiger partial charge in [-0.3, -0.25) is 4.79 Å². The fraction of sp³-hybridized carbons (Fsp3) is 0. The number of sulfone groups is 1. The summed E-state index contributed by atoms with van der Waals surface area (Å²) in [6.45, 7) is 0. The molecule has 0 aliphatic heterocycles.